The molecule has 10 heteroatoms. The summed E-state index contributed by atoms with van der Waals surface area (Å²) in [6.45, 7) is 11.5. The summed E-state index contributed by atoms with van der Waals surface area (Å²) in [5.41, 5.74) is 9.22. The number of piperazine rings is 1. The lowest BCUT2D eigenvalue weighted by Gasteiger charge is -2.34. The molecule has 1 aromatic carbocycles. The van der Waals surface area contributed by atoms with Crippen molar-refractivity contribution in [1.82, 2.24) is 24.3 Å². The maximum absolute atomic E-state index is 12.9. The van der Waals surface area contributed by atoms with Gasteiger partial charge in [-0.15, -0.1) is 0 Å². The number of nitrogens with zero attached hydrogens (tertiary/aromatic N) is 5. The summed E-state index contributed by atoms with van der Waals surface area (Å²) in [4.78, 5) is 27.0. The number of aliphatic hydroxyl groups is 2. The second-order valence-electron chi connectivity index (χ2n) is 15.9. The van der Waals surface area contributed by atoms with Crippen molar-refractivity contribution in [2.24, 2.45) is 5.41 Å². The highest BCUT2D eigenvalue weighted by molar-refractivity contribution is 6.06. The van der Waals surface area contributed by atoms with Crippen LogP contribution in [0.1, 0.15) is 141 Å². The number of aliphatic hydroxyl groups excluding tert-OH is 2. The Morgan fingerprint density at radius 3 is 2.02 bits per heavy atom. The molecule has 1 amide bonds. The third kappa shape index (κ3) is 13.5. The Bertz CT molecular complexity index is 1500. The minimum atomic E-state index is -0.733. The van der Waals surface area contributed by atoms with Crippen molar-refractivity contribution in [2.75, 3.05) is 58.3 Å². The van der Waals surface area contributed by atoms with Crippen LogP contribution in [0.3, 0.4) is 0 Å². The van der Waals surface area contributed by atoms with E-state index in [-0.39, 0.29) is 13.2 Å². The van der Waals surface area contributed by atoms with E-state index in [1.54, 1.807) is 0 Å². The number of hydrogen-bond donors (Lipinski definition) is 3. The van der Waals surface area contributed by atoms with Crippen LogP contribution in [0.5, 0.6) is 0 Å². The summed E-state index contributed by atoms with van der Waals surface area (Å²) in [6.07, 6.45) is 22.8. The molecule has 298 valence electrons. The van der Waals surface area contributed by atoms with Crippen molar-refractivity contribution < 1.29 is 19.7 Å². The molecule has 1 aliphatic rings. The highest BCUT2D eigenvalue weighted by Crippen LogP contribution is 2.32. The first-order valence-electron chi connectivity index (χ1n) is 21.2. The zero-order chi connectivity index (χ0) is 37.9. The fourth-order valence-electron chi connectivity index (χ4n) is 7.70. The van der Waals surface area contributed by atoms with Crippen LogP contribution in [0.4, 0.5) is 5.82 Å². The minimum Gasteiger partial charge on any atom is -0.396 e. The van der Waals surface area contributed by atoms with Gasteiger partial charge in [0.2, 0.25) is 5.91 Å². The molecular weight excluding hydrogens is 665 g/mol. The number of nitrogen functional groups attached to an aromatic ring is 1. The first-order chi connectivity index (χ1) is 25.8. The highest BCUT2D eigenvalue weighted by atomic mass is 16.5. The van der Waals surface area contributed by atoms with Gasteiger partial charge in [0.25, 0.3) is 0 Å². The summed E-state index contributed by atoms with van der Waals surface area (Å²) in [5, 5.41) is 21.1. The van der Waals surface area contributed by atoms with Gasteiger partial charge >= 0.3 is 0 Å². The Labute approximate surface area is 319 Å². The van der Waals surface area contributed by atoms with Crippen LogP contribution in [0, 0.1) is 5.41 Å². The predicted octanol–water partition coefficient (Wildman–Crippen LogP) is 8.03. The molecule has 0 aliphatic carbocycles. The van der Waals surface area contributed by atoms with Crippen LogP contribution >= 0.6 is 0 Å². The van der Waals surface area contributed by atoms with Gasteiger partial charge in [-0.1, -0.05) is 116 Å². The van der Waals surface area contributed by atoms with Gasteiger partial charge in [0.05, 0.1) is 24.2 Å². The third-order valence-corrected chi connectivity index (χ3v) is 11.2. The molecule has 4 N–H and O–H groups in total. The van der Waals surface area contributed by atoms with Gasteiger partial charge in [0, 0.05) is 56.6 Å². The molecule has 3 heterocycles. The molecule has 0 saturated carbocycles. The number of aromatic nitrogens is 3. The molecular formula is C43H72N6O4. The van der Waals surface area contributed by atoms with Crippen molar-refractivity contribution >= 4 is 33.7 Å². The third-order valence-electron chi connectivity index (χ3n) is 11.2. The number of benzene rings is 1. The molecule has 4 rings (SSSR count). The fourth-order valence-corrected chi connectivity index (χ4v) is 7.70. The van der Waals surface area contributed by atoms with Gasteiger partial charge in [0.15, 0.2) is 5.82 Å². The number of nitrogens with two attached hydrogens (primary N) is 1. The molecule has 10 nitrogen and oxygen atoms in total. The highest BCUT2D eigenvalue weighted by Gasteiger charge is 2.27. The Balaban J connectivity index is 1.14. The molecule has 0 radical (unpaired) electrons. The zero-order valence-electron chi connectivity index (χ0n) is 33.6. The lowest BCUT2D eigenvalue weighted by atomic mass is 9.92. The van der Waals surface area contributed by atoms with E-state index in [2.05, 4.69) is 34.9 Å². The Morgan fingerprint density at radius 2 is 1.43 bits per heavy atom. The van der Waals surface area contributed by atoms with Crippen molar-refractivity contribution in [3.8, 4) is 0 Å². The van der Waals surface area contributed by atoms with Crippen molar-refractivity contribution in [1.29, 1.82) is 0 Å². The van der Waals surface area contributed by atoms with E-state index in [0.29, 0.717) is 49.2 Å². The van der Waals surface area contributed by atoms with E-state index in [4.69, 9.17) is 20.4 Å². The Hall–Kier alpha value is -2.79. The van der Waals surface area contributed by atoms with E-state index in [9.17, 15) is 15.0 Å². The molecule has 0 bridgehead atoms. The number of pyridine rings is 1. The van der Waals surface area contributed by atoms with Gasteiger partial charge in [-0.3, -0.25) is 9.69 Å². The van der Waals surface area contributed by atoms with Crippen LogP contribution in [-0.2, 0) is 29.1 Å². The number of aryl methyl sites for hydroxylation is 1. The average molecular weight is 737 g/mol. The van der Waals surface area contributed by atoms with Gasteiger partial charge in [0.1, 0.15) is 17.9 Å². The number of rotatable bonds is 27. The smallest absolute Gasteiger partial charge is 0.222 e. The normalized spacial score (nSPS) is 14.2. The van der Waals surface area contributed by atoms with Crippen molar-refractivity contribution in [2.45, 2.75) is 149 Å². The molecule has 53 heavy (non-hydrogen) atoms. The van der Waals surface area contributed by atoms with Crippen LogP contribution in [-0.4, -0.2) is 93.0 Å². The first-order valence-corrected chi connectivity index (χ1v) is 21.2. The van der Waals surface area contributed by atoms with Crippen LogP contribution in [0.15, 0.2) is 18.2 Å². The van der Waals surface area contributed by atoms with Gasteiger partial charge in [-0.05, 0) is 44.4 Å². The topological polar surface area (TPSA) is 130 Å². The Kier molecular flexibility index (Phi) is 18.8. The van der Waals surface area contributed by atoms with E-state index >= 15 is 0 Å². The molecule has 0 unspecified atom stereocenters. The average Bonchev–Trinajstić information content (AvgIpc) is 3.53. The van der Waals surface area contributed by atoms with Gasteiger partial charge < -0.3 is 30.2 Å². The number of fused-ring (bicyclic) bond motifs is 3. The summed E-state index contributed by atoms with van der Waals surface area (Å²) in [5.74, 6) is 1.40. The molecule has 1 aliphatic heterocycles. The first kappa shape index (κ1) is 42.9. The molecule has 0 atom stereocenters. The van der Waals surface area contributed by atoms with E-state index in [1.807, 2.05) is 18.4 Å². The quantitative estimate of drug-likeness (QED) is 0.0671. The largest absolute Gasteiger partial charge is 0.396 e. The number of amides is 1. The van der Waals surface area contributed by atoms with Crippen LogP contribution in [0.2, 0.25) is 0 Å². The van der Waals surface area contributed by atoms with Crippen LogP contribution < -0.4 is 5.73 Å². The maximum atomic E-state index is 12.9. The zero-order valence-corrected chi connectivity index (χ0v) is 33.6. The Morgan fingerprint density at radius 1 is 0.830 bits per heavy atom. The monoisotopic (exact) mass is 737 g/mol. The lowest BCUT2D eigenvalue weighted by Crippen LogP contribution is -2.48. The van der Waals surface area contributed by atoms with E-state index in [0.717, 1.165) is 68.4 Å². The van der Waals surface area contributed by atoms with Crippen molar-refractivity contribution in [3.05, 3.63) is 29.6 Å². The molecule has 2 aromatic heterocycles. The number of anilines is 1. The van der Waals surface area contributed by atoms with Gasteiger partial charge in [-0.25, -0.2) is 9.97 Å². The van der Waals surface area contributed by atoms with E-state index < -0.39 is 5.41 Å². The predicted molar refractivity (Wildman–Crippen MR) is 218 cm³/mol. The second-order valence-corrected chi connectivity index (χ2v) is 15.9. The summed E-state index contributed by atoms with van der Waals surface area (Å²) >= 11 is 0. The van der Waals surface area contributed by atoms with E-state index in [1.165, 1.54) is 95.5 Å². The minimum absolute atomic E-state index is 0.162. The molecule has 1 fully saturated rings. The second kappa shape index (κ2) is 23.2. The molecule has 1 saturated heterocycles. The number of ether oxygens (including phenoxy) is 1. The number of imidazole rings is 1. The number of unbranched alkanes of at least 4 members (excludes halogenated alkanes) is 14. The summed E-state index contributed by atoms with van der Waals surface area (Å²) in [7, 11) is 0. The maximum Gasteiger partial charge on any atom is 0.222 e. The number of carbonyl (C=O) groups is 1. The SMILES string of the molecule is CCCCCCCCCCCCCCCCCC(=O)N1CCN(CCCc2ccc3c(c2)nc(N)c2nc(COCC)n(CC(C)(CO)CO)c23)CC1. The van der Waals surface area contributed by atoms with Crippen molar-refractivity contribution in [3.63, 3.8) is 0 Å². The summed E-state index contributed by atoms with van der Waals surface area (Å²) < 4.78 is 7.74. The van der Waals surface area contributed by atoms with Gasteiger partial charge in [-0.2, -0.15) is 0 Å². The molecule has 3 aromatic rings. The number of carbonyl (C=O) groups excluding carboxylic acids is 1. The number of hydrogen-bond acceptors (Lipinski definition) is 8. The summed E-state index contributed by atoms with van der Waals surface area (Å²) in [6, 6.07) is 6.38. The fraction of sp³-hybridized carbons (Fsp3) is 0.744. The lowest BCUT2D eigenvalue weighted by molar-refractivity contribution is -0.133. The standard InChI is InChI=1S/C43H72N6O4/c1-4-6-7-8-9-10-11-12-13-14-15-16-17-18-19-22-39(52)48-28-26-47(27-29-48)25-20-21-35-23-24-36-37(30-35)45-42(44)40-41(36)49(32-43(3,33-50)34-51)38(46-40)31-53-5-2/h23-24,30,50-51H,4-22,25-29,31-34H2,1-3H3,(H2,44,45). The molecule has 0 spiro atoms. The van der Waals surface area contributed by atoms with Crippen LogP contribution in [0.25, 0.3) is 21.9 Å².